The molecule has 0 aliphatic carbocycles. The first-order valence-corrected chi connectivity index (χ1v) is 9.71. The second-order valence-corrected chi connectivity index (χ2v) is 6.58. The maximum Gasteiger partial charge on any atom is 0.321 e. The summed E-state index contributed by atoms with van der Waals surface area (Å²) in [7, 11) is 0. The summed E-state index contributed by atoms with van der Waals surface area (Å²) in [5, 5.41) is 15.8. The lowest BCUT2D eigenvalue weighted by atomic mass is 10.0. The van der Waals surface area contributed by atoms with Gasteiger partial charge in [0.15, 0.2) is 0 Å². The van der Waals surface area contributed by atoms with Crippen LogP contribution in [0.3, 0.4) is 0 Å². The summed E-state index contributed by atoms with van der Waals surface area (Å²) in [6, 6.07) is 0. The first-order valence-electron chi connectivity index (χ1n) is 9.71. The van der Waals surface area contributed by atoms with Gasteiger partial charge < -0.3 is 14.9 Å². The molecule has 7 heteroatoms. The molecule has 0 spiro atoms. The molecule has 27 heavy (non-hydrogen) atoms. The maximum absolute atomic E-state index is 11.2. The number of hydrogen-bond donors (Lipinski definition) is 2. The third-order valence-corrected chi connectivity index (χ3v) is 4.05. The smallest absolute Gasteiger partial charge is 0.321 e. The van der Waals surface area contributed by atoms with Gasteiger partial charge in [-0.15, -0.1) is 0 Å². The molecule has 0 aromatic rings. The van der Waals surface area contributed by atoms with Crippen LogP contribution in [-0.2, 0) is 23.9 Å². The predicted octanol–water partition coefficient (Wildman–Crippen LogP) is 4.10. The van der Waals surface area contributed by atoms with Crippen LogP contribution in [0.2, 0.25) is 0 Å². The van der Waals surface area contributed by atoms with Gasteiger partial charge in [-0.1, -0.05) is 64.0 Å². The van der Waals surface area contributed by atoms with Crippen molar-refractivity contribution in [1.29, 1.82) is 0 Å². The highest BCUT2D eigenvalue weighted by atomic mass is 16.6. The Bertz CT molecular complexity index is 483. The summed E-state index contributed by atoms with van der Waals surface area (Å²) in [5.74, 6) is -3.27. The van der Waals surface area contributed by atoms with Crippen molar-refractivity contribution in [2.45, 2.75) is 84.0 Å². The topological polar surface area (TPSA) is 118 Å². The Kier molecular flexibility index (Phi) is 14.7. The van der Waals surface area contributed by atoms with E-state index in [0.29, 0.717) is 0 Å². The standard InChI is InChI=1S/C16H26O3.C4H6O4/c1-2-3-4-5-6-7-8-9-10-11-12-14-13-15(17)19-16(14)18;5-3(6)1-2-4(7)8/h11-12,14H,2-10,13H2,1H3;1-2H2,(H,5,6)(H,7,8). The zero-order valence-electron chi connectivity index (χ0n) is 16.2. The predicted molar refractivity (Wildman–Crippen MR) is 100 cm³/mol. The molecule has 0 amide bonds. The van der Waals surface area contributed by atoms with Gasteiger partial charge >= 0.3 is 23.9 Å². The Morgan fingerprint density at radius 3 is 1.93 bits per heavy atom. The number of allylic oxidation sites excluding steroid dienone is 1. The summed E-state index contributed by atoms with van der Waals surface area (Å²) in [5.41, 5.74) is 0. The van der Waals surface area contributed by atoms with Crippen LogP contribution in [0.4, 0.5) is 0 Å². The molecular formula is C20H32O7. The molecule has 154 valence electrons. The maximum atomic E-state index is 11.2. The number of unbranched alkanes of at least 4 members (excludes halogenated alkanes) is 8. The molecule has 1 atom stereocenters. The molecule has 1 unspecified atom stereocenters. The van der Waals surface area contributed by atoms with Crippen molar-refractivity contribution in [3.8, 4) is 0 Å². The van der Waals surface area contributed by atoms with Gasteiger partial charge in [0, 0.05) is 0 Å². The minimum absolute atomic E-state index is 0.215. The molecule has 1 rings (SSSR count). The Morgan fingerprint density at radius 2 is 1.48 bits per heavy atom. The molecule has 0 aromatic carbocycles. The molecule has 1 saturated heterocycles. The molecule has 1 fully saturated rings. The zero-order chi connectivity index (χ0) is 20.5. The van der Waals surface area contributed by atoms with E-state index in [0.717, 1.165) is 6.42 Å². The number of hydrogen-bond acceptors (Lipinski definition) is 5. The summed E-state index contributed by atoms with van der Waals surface area (Å²) in [6.45, 7) is 2.24. The highest BCUT2D eigenvalue weighted by molar-refractivity contribution is 5.95. The van der Waals surface area contributed by atoms with Crippen LogP contribution in [0.25, 0.3) is 0 Å². The van der Waals surface area contributed by atoms with Crippen LogP contribution in [0.5, 0.6) is 0 Å². The number of carboxylic acid groups (broad SMARTS) is 2. The van der Waals surface area contributed by atoms with E-state index >= 15 is 0 Å². The Hall–Kier alpha value is -2.18. The van der Waals surface area contributed by atoms with E-state index in [-0.39, 0.29) is 25.2 Å². The largest absolute Gasteiger partial charge is 0.481 e. The molecule has 0 saturated carbocycles. The molecule has 2 N–H and O–H groups in total. The van der Waals surface area contributed by atoms with Crippen LogP contribution in [0, 0.1) is 5.92 Å². The molecule has 0 aromatic heterocycles. The van der Waals surface area contributed by atoms with E-state index in [1.807, 2.05) is 12.2 Å². The van der Waals surface area contributed by atoms with Gasteiger partial charge in [-0.25, -0.2) is 0 Å². The number of esters is 2. The van der Waals surface area contributed by atoms with E-state index in [2.05, 4.69) is 11.7 Å². The number of carbonyl (C=O) groups is 4. The number of rotatable bonds is 13. The van der Waals surface area contributed by atoms with E-state index < -0.39 is 23.9 Å². The number of carbonyl (C=O) groups excluding carboxylic acids is 2. The summed E-state index contributed by atoms with van der Waals surface area (Å²) in [4.78, 5) is 41.3. The van der Waals surface area contributed by atoms with Crippen LogP contribution in [-0.4, -0.2) is 34.1 Å². The highest BCUT2D eigenvalue weighted by Crippen LogP contribution is 2.17. The molecule has 1 aliphatic heterocycles. The van der Waals surface area contributed by atoms with Gasteiger partial charge in [-0.05, 0) is 12.8 Å². The first kappa shape index (κ1) is 24.8. The van der Waals surface area contributed by atoms with E-state index in [1.165, 1.54) is 51.4 Å². The van der Waals surface area contributed by atoms with Gasteiger partial charge in [0.05, 0.1) is 25.2 Å². The summed E-state index contributed by atoms with van der Waals surface area (Å²) < 4.78 is 4.49. The monoisotopic (exact) mass is 384 g/mol. The molecular weight excluding hydrogens is 352 g/mol. The number of cyclic esters (lactones) is 2. The summed E-state index contributed by atoms with van der Waals surface area (Å²) in [6.07, 6.45) is 14.9. The van der Waals surface area contributed by atoms with Gasteiger partial charge in [-0.3, -0.25) is 19.2 Å². The summed E-state index contributed by atoms with van der Waals surface area (Å²) >= 11 is 0. The van der Waals surface area contributed by atoms with Crippen molar-refractivity contribution in [1.82, 2.24) is 0 Å². The average molecular weight is 384 g/mol. The van der Waals surface area contributed by atoms with Crippen LogP contribution >= 0.6 is 0 Å². The second-order valence-electron chi connectivity index (χ2n) is 6.58. The van der Waals surface area contributed by atoms with E-state index in [4.69, 9.17) is 10.2 Å². The van der Waals surface area contributed by atoms with Crippen molar-refractivity contribution in [3.05, 3.63) is 12.2 Å². The SMILES string of the molecule is CCCCCCCCCCC=CC1CC(=O)OC1=O.O=C(O)CCC(=O)O. The fourth-order valence-electron chi connectivity index (χ4n) is 2.51. The molecule has 0 radical (unpaired) electrons. The Morgan fingerprint density at radius 1 is 0.963 bits per heavy atom. The number of aliphatic carboxylic acids is 2. The Labute approximate surface area is 160 Å². The van der Waals surface area contributed by atoms with Crippen molar-refractivity contribution in [2.24, 2.45) is 5.92 Å². The van der Waals surface area contributed by atoms with Crippen molar-refractivity contribution >= 4 is 23.9 Å². The van der Waals surface area contributed by atoms with Gasteiger partial charge in [-0.2, -0.15) is 0 Å². The van der Waals surface area contributed by atoms with Crippen molar-refractivity contribution < 1.29 is 34.1 Å². The van der Waals surface area contributed by atoms with E-state index in [9.17, 15) is 19.2 Å². The van der Waals surface area contributed by atoms with Gasteiger partial charge in [0.2, 0.25) is 0 Å². The fraction of sp³-hybridized carbons (Fsp3) is 0.700. The second kappa shape index (κ2) is 16.0. The third-order valence-electron chi connectivity index (χ3n) is 4.05. The zero-order valence-corrected chi connectivity index (χ0v) is 16.2. The normalized spacial score (nSPS) is 16.1. The van der Waals surface area contributed by atoms with Gasteiger partial charge in [0.1, 0.15) is 0 Å². The highest BCUT2D eigenvalue weighted by Gasteiger charge is 2.30. The molecule has 1 heterocycles. The van der Waals surface area contributed by atoms with E-state index in [1.54, 1.807) is 0 Å². The lowest BCUT2D eigenvalue weighted by Crippen LogP contribution is -2.03. The molecule has 1 aliphatic rings. The minimum atomic E-state index is -1.08. The Balaban J connectivity index is 0.000000713. The van der Waals surface area contributed by atoms with Crippen LogP contribution in [0.15, 0.2) is 12.2 Å². The molecule has 0 bridgehead atoms. The minimum Gasteiger partial charge on any atom is -0.481 e. The molecule has 7 nitrogen and oxygen atoms in total. The van der Waals surface area contributed by atoms with Crippen LogP contribution in [0.1, 0.15) is 84.0 Å². The van der Waals surface area contributed by atoms with Crippen LogP contribution < -0.4 is 0 Å². The number of ether oxygens (including phenoxy) is 1. The third kappa shape index (κ3) is 15.8. The number of carboxylic acids is 2. The first-order chi connectivity index (χ1) is 12.9. The van der Waals surface area contributed by atoms with Gasteiger partial charge in [0.25, 0.3) is 0 Å². The lowest BCUT2D eigenvalue weighted by Gasteiger charge is -2.00. The fourth-order valence-corrected chi connectivity index (χ4v) is 2.51. The average Bonchev–Trinajstić information content (AvgIpc) is 2.92. The van der Waals surface area contributed by atoms with Crippen molar-refractivity contribution in [3.63, 3.8) is 0 Å². The quantitative estimate of drug-likeness (QED) is 0.212. The lowest BCUT2D eigenvalue weighted by molar-refractivity contribution is -0.152. The van der Waals surface area contributed by atoms with Crippen molar-refractivity contribution in [2.75, 3.05) is 0 Å².